The molecule has 0 saturated heterocycles. The van der Waals surface area contributed by atoms with E-state index < -0.39 is 0 Å². The molecular weight excluding hydrogens is 198 g/mol. The molecule has 1 aromatic carbocycles. The minimum absolute atomic E-state index is 0.599. The van der Waals surface area contributed by atoms with Gasteiger partial charge in [-0.25, -0.2) is 0 Å². The van der Waals surface area contributed by atoms with Gasteiger partial charge in [-0.2, -0.15) is 0 Å². The number of methoxy groups -OCH3 is 1. The molecule has 1 saturated carbocycles. The normalized spacial score (nSPS) is 16.1. The van der Waals surface area contributed by atoms with Gasteiger partial charge >= 0.3 is 0 Å². The third-order valence-electron chi connectivity index (χ3n) is 2.63. The summed E-state index contributed by atoms with van der Waals surface area (Å²) in [7, 11) is 1.68. The van der Waals surface area contributed by atoms with Crippen LogP contribution in [0.5, 0.6) is 5.75 Å². The summed E-state index contributed by atoms with van der Waals surface area (Å²) < 4.78 is 5.25. The van der Waals surface area contributed by atoms with E-state index in [1.54, 1.807) is 7.11 Å². The molecule has 0 spiro atoms. The molecule has 0 bridgehead atoms. The lowest BCUT2D eigenvalue weighted by molar-refractivity contribution is 0.410. The zero-order chi connectivity index (χ0) is 9.97. The summed E-state index contributed by atoms with van der Waals surface area (Å²) in [5.41, 5.74) is 1.00. The molecule has 1 aliphatic rings. The van der Waals surface area contributed by atoms with E-state index >= 15 is 0 Å². The molecule has 1 fully saturated rings. The van der Waals surface area contributed by atoms with Crippen molar-refractivity contribution in [1.82, 2.24) is 0 Å². The van der Waals surface area contributed by atoms with Gasteiger partial charge in [0.05, 0.1) is 12.8 Å². The Hall–Kier alpha value is -0.890. The van der Waals surface area contributed by atoms with Crippen LogP contribution >= 0.6 is 11.6 Å². The first-order chi connectivity index (χ1) is 6.79. The van der Waals surface area contributed by atoms with Crippen LogP contribution < -0.4 is 10.1 Å². The zero-order valence-corrected chi connectivity index (χ0v) is 8.97. The fourth-order valence-corrected chi connectivity index (χ4v) is 1.74. The van der Waals surface area contributed by atoms with Gasteiger partial charge in [0.25, 0.3) is 0 Å². The minimum atomic E-state index is 0.599. The van der Waals surface area contributed by atoms with Gasteiger partial charge in [0.2, 0.25) is 0 Å². The maximum atomic E-state index is 5.92. The van der Waals surface area contributed by atoms with Crippen molar-refractivity contribution in [3.63, 3.8) is 0 Å². The molecule has 0 amide bonds. The van der Waals surface area contributed by atoms with Crippen molar-refractivity contribution < 1.29 is 4.74 Å². The lowest BCUT2D eigenvalue weighted by Crippen LogP contribution is -2.27. The van der Waals surface area contributed by atoms with E-state index in [-0.39, 0.29) is 0 Å². The maximum Gasteiger partial charge on any atom is 0.142 e. The molecule has 0 radical (unpaired) electrons. The number of rotatable bonds is 3. The van der Waals surface area contributed by atoms with Crippen molar-refractivity contribution in [3.8, 4) is 5.75 Å². The Morgan fingerprint density at radius 3 is 2.79 bits per heavy atom. The number of halogens is 1. The summed E-state index contributed by atoms with van der Waals surface area (Å²) in [6.45, 7) is 0. The Bertz CT molecular complexity index is 323. The first-order valence-electron chi connectivity index (χ1n) is 4.89. The highest BCUT2D eigenvalue weighted by Gasteiger charge is 2.18. The molecule has 2 rings (SSSR count). The monoisotopic (exact) mass is 211 g/mol. The van der Waals surface area contributed by atoms with Crippen LogP contribution in [0.25, 0.3) is 0 Å². The van der Waals surface area contributed by atoms with E-state index in [0.717, 1.165) is 16.5 Å². The van der Waals surface area contributed by atoms with Gasteiger partial charge in [0, 0.05) is 11.1 Å². The van der Waals surface area contributed by atoms with Crippen LogP contribution in [-0.2, 0) is 0 Å². The SMILES string of the molecule is COc1ccc(Cl)cc1NC1CCC1. The third kappa shape index (κ3) is 1.95. The Kier molecular flexibility index (Phi) is 2.82. The second kappa shape index (κ2) is 4.09. The summed E-state index contributed by atoms with van der Waals surface area (Å²) in [6.07, 6.45) is 3.81. The van der Waals surface area contributed by atoms with E-state index in [1.165, 1.54) is 19.3 Å². The lowest BCUT2D eigenvalue weighted by atomic mass is 9.93. The van der Waals surface area contributed by atoms with Crippen molar-refractivity contribution in [3.05, 3.63) is 23.2 Å². The number of hydrogen-bond donors (Lipinski definition) is 1. The molecule has 0 aliphatic heterocycles. The first kappa shape index (κ1) is 9.66. The van der Waals surface area contributed by atoms with Gasteiger partial charge < -0.3 is 10.1 Å². The average molecular weight is 212 g/mol. The molecule has 0 unspecified atom stereocenters. The van der Waals surface area contributed by atoms with Gasteiger partial charge in [-0.3, -0.25) is 0 Å². The Balaban J connectivity index is 2.15. The number of benzene rings is 1. The topological polar surface area (TPSA) is 21.3 Å². The Morgan fingerprint density at radius 2 is 2.21 bits per heavy atom. The third-order valence-corrected chi connectivity index (χ3v) is 2.86. The smallest absolute Gasteiger partial charge is 0.142 e. The van der Waals surface area contributed by atoms with Crippen molar-refractivity contribution in [2.45, 2.75) is 25.3 Å². The Morgan fingerprint density at radius 1 is 1.43 bits per heavy atom. The molecule has 3 heteroatoms. The summed E-state index contributed by atoms with van der Waals surface area (Å²) in [5, 5.41) is 4.17. The minimum Gasteiger partial charge on any atom is -0.495 e. The van der Waals surface area contributed by atoms with Crippen molar-refractivity contribution >= 4 is 17.3 Å². The molecule has 0 heterocycles. The second-order valence-electron chi connectivity index (χ2n) is 3.62. The van der Waals surface area contributed by atoms with Crippen LogP contribution in [-0.4, -0.2) is 13.2 Å². The highest BCUT2D eigenvalue weighted by molar-refractivity contribution is 6.30. The van der Waals surface area contributed by atoms with Gasteiger partial charge in [0.15, 0.2) is 0 Å². The highest BCUT2D eigenvalue weighted by atomic mass is 35.5. The molecule has 0 aromatic heterocycles. The van der Waals surface area contributed by atoms with Crippen LogP contribution in [0.2, 0.25) is 5.02 Å². The summed E-state index contributed by atoms with van der Waals surface area (Å²) in [6, 6.07) is 6.25. The fourth-order valence-electron chi connectivity index (χ4n) is 1.57. The van der Waals surface area contributed by atoms with Crippen LogP contribution in [0.1, 0.15) is 19.3 Å². The number of nitrogens with one attached hydrogen (secondary N) is 1. The van der Waals surface area contributed by atoms with E-state index in [1.807, 2.05) is 18.2 Å². The second-order valence-corrected chi connectivity index (χ2v) is 4.05. The van der Waals surface area contributed by atoms with Gasteiger partial charge in [-0.05, 0) is 37.5 Å². The molecule has 2 nitrogen and oxygen atoms in total. The lowest BCUT2D eigenvalue weighted by Gasteiger charge is -2.28. The van der Waals surface area contributed by atoms with Crippen LogP contribution in [0.15, 0.2) is 18.2 Å². The summed E-state index contributed by atoms with van der Waals surface area (Å²) in [5.74, 6) is 0.862. The molecule has 1 aliphatic carbocycles. The number of hydrogen-bond acceptors (Lipinski definition) is 2. The van der Waals surface area contributed by atoms with Crippen LogP contribution in [0.4, 0.5) is 5.69 Å². The van der Waals surface area contributed by atoms with E-state index in [4.69, 9.17) is 16.3 Å². The predicted molar refractivity (Wildman–Crippen MR) is 59.3 cm³/mol. The molecule has 0 atom stereocenters. The molecule has 1 N–H and O–H groups in total. The molecule has 14 heavy (non-hydrogen) atoms. The largest absolute Gasteiger partial charge is 0.495 e. The van der Waals surface area contributed by atoms with Gasteiger partial charge in [0.1, 0.15) is 5.75 Å². The fraction of sp³-hybridized carbons (Fsp3) is 0.455. The van der Waals surface area contributed by atoms with E-state index in [9.17, 15) is 0 Å². The highest BCUT2D eigenvalue weighted by Crippen LogP contribution is 2.31. The number of ether oxygens (including phenoxy) is 1. The standard InChI is InChI=1S/C11H14ClNO/c1-14-11-6-5-8(12)7-10(11)13-9-3-2-4-9/h5-7,9,13H,2-4H2,1H3. The van der Waals surface area contributed by atoms with Gasteiger partial charge in [-0.15, -0.1) is 0 Å². The maximum absolute atomic E-state index is 5.92. The predicted octanol–water partition coefficient (Wildman–Crippen LogP) is 3.31. The average Bonchev–Trinajstić information content (AvgIpc) is 2.12. The van der Waals surface area contributed by atoms with Crippen molar-refractivity contribution in [2.24, 2.45) is 0 Å². The summed E-state index contributed by atoms with van der Waals surface area (Å²) >= 11 is 5.92. The van der Waals surface area contributed by atoms with Crippen molar-refractivity contribution in [1.29, 1.82) is 0 Å². The van der Waals surface area contributed by atoms with Gasteiger partial charge in [-0.1, -0.05) is 11.6 Å². The first-order valence-corrected chi connectivity index (χ1v) is 5.27. The van der Waals surface area contributed by atoms with Crippen LogP contribution in [0.3, 0.4) is 0 Å². The van der Waals surface area contributed by atoms with E-state index in [0.29, 0.717) is 6.04 Å². The number of anilines is 1. The van der Waals surface area contributed by atoms with Crippen molar-refractivity contribution in [2.75, 3.05) is 12.4 Å². The Labute approximate surface area is 89.2 Å². The summed E-state index contributed by atoms with van der Waals surface area (Å²) in [4.78, 5) is 0. The zero-order valence-electron chi connectivity index (χ0n) is 8.22. The van der Waals surface area contributed by atoms with E-state index in [2.05, 4.69) is 5.32 Å². The van der Waals surface area contributed by atoms with Crippen LogP contribution in [0, 0.1) is 0 Å². The molecular formula is C11H14ClNO. The molecule has 1 aromatic rings. The molecule has 76 valence electrons. The quantitative estimate of drug-likeness (QED) is 0.828.